The Morgan fingerprint density at radius 2 is 1.81 bits per heavy atom. The molecule has 7 nitrogen and oxygen atoms in total. The van der Waals surface area contributed by atoms with Gasteiger partial charge < -0.3 is 10.1 Å². The second kappa shape index (κ2) is 8.01. The highest BCUT2D eigenvalue weighted by Gasteiger charge is 2.21. The van der Waals surface area contributed by atoms with Crippen molar-refractivity contribution >= 4 is 33.3 Å². The minimum Gasteiger partial charge on any atom is -0.465 e. The summed E-state index contributed by atoms with van der Waals surface area (Å²) in [5.41, 5.74) is 1.94. The first-order valence-corrected chi connectivity index (χ1v) is 9.58. The van der Waals surface area contributed by atoms with Gasteiger partial charge in [0.1, 0.15) is 6.54 Å². The van der Waals surface area contributed by atoms with Gasteiger partial charge in [-0.2, -0.15) is 0 Å². The molecule has 0 aliphatic carbocycles. The molecule has 0 bridgehead atoms. The maximum Gasteiger partial charge on any atom is 0.337 e. The summed E-state index contributed by atoms with van der Waals surface area (Å²) >= 11 is 0. The summed E-state index contributed by atoms with van der Waals surface area (Å²) in [6, 6.07) is 13.1. The Labute approximate surface area is 152 Å². The van der Waals surface area contributed by atoms with Gasteiger partial charge in [0.2, 0.25) is 15.9 Å². The lowest BCUT2D eigenvalue weighted by atomic mass is 10.2. The zero-order valence-electron chi connectivity index (χ0n) is 14.7. The predicted molar refractivity (Wildman–Crippen MR) is 99.8 cm³/mol. The first-order chi connectivity index (χ1) is 12.2. The Morgan fingerprint density at radius 1 is 1.12 bits per heavy atom. The number of hydrogen-bond donors (Lipinski definition) is 1. The number of esters is 1. The van der Waals surface area contributed by atoms with E-state index in [1.807, 2.05) is 13.0 Å². The fourth-order valence-electron chi connectivity index (χ4n) is 2.36. The van der Waals surface area contributed by atoms with Gasteiger partial charge in [0.05, 0.1) is 24.6 Å². The number of nitrogens with zero attached hydrogens (tertiary/aromatic N) is 1. The summed E-state index contributed by atoms with van der Waals surface area (Å²) in [4.78, 5) is 23.9. The van der Waals surface area contributed by atoms with Gasteiger partial charge in [-0.3, -0.25) is 9.10 Å². The average molecular weight is 376 g/mol. The van der Waals surface area contributed by atoms with E-state index in [4.69, 9.17) is 0 Å². The van der Waals surface area contributed by atoms with Gasteiger partial charge in [-0.25, -0.2) is 13.2 Å². The third kappa shape index (κ3) is 5.06. The zero-order chi connectivity index (χ0) is 19.3. The third-order valence-electron chi connectivity index (χ3n) is 3.54. The summed E-state index contributed by atoms with van der Waals surface area (Å²) in [5.74, 6) is -1.06. The fourth-order valence-corrected chi connectivity index (χ4v) is 3.20. The highest BCUT2D eigenvalue weighted by Crippen LogP contribution is 2.19. The van der Waals surface area contributed by atoms with Crippen molar-refractivity contribution in [2.24, 2.45) is 0 Å². The topological polar surface area (TPSA) is 92.8 Å². The molecule has 0 radical (unpaired) electrons. The van der Waals surface area contributed by atoms with Gasteiger partial charge >= 0.3 is 5.97 Å². The van der Waals surface area contributed by atoms with Crippen LogP contribution in [-0.4, -0.2) is 40.2 Å². The Balaban J connectivity index is 2.19. The van der Waals surface area contributed by atoms with Crippen molar-refractivity contribution in [2.45, 2.75) is 6.92 Å². The van der Waals surface area contributed by atoms with Crippen LogP contribution in [0.15, 0.2) is 48.5 Å². The molecule has 0 atom stereocenters. The van der Waals surface area contributed by atoms with E-state index in [2.05, 4.69) is 10.1 Å². The first kappa shape index (κ1) is 19.5. The van der Waals surface area contributed by atoms with Crippen LogP contribution in [0.3, 0.4) is 0 Å². The molecule has 1 N–H and O–H groups in total. The molecule has 0 saturated heterocycles. The molecular weight excluding hydrogens is 356 g/mol. The second-order valence-electron chi connectivity index (χ2n) is 5.73. The van der Waals surface area contributed by atoms with E-state index >= 15 is 0 Å². The molecule has 0 spiro atoms. The summed E-state index contributed by atoms with van der Waals surface area (Å²) < 4.78 is 29.9. The predicted octanol–water partition coefficient (Wildman–Crippen LogP) is 2.19. The third-order valence-corrected chi connectivity index (χ3v) is 4.69. The number of hydrogen-bond acceptors (Lipinski definition) is 5. The number of anilines is 2. The summed E-state index contributed by atoms with van der Waals surface area (Å²) in [6.07, 6.45) is 1.04. The van der Waals surface area contributed by atoms with Crippen LogP contribution in [0, 0.1) is 6.92 Å². The Bertz CT molecular complexity index is 925. The number of carbonyl (C=O) groups is 2. The normalized spacial score (nSPS) is 10.9. The number of amides is 1. The van der Waals surface area contributed by atoms with Crippen molar-refractivity contribution in [3.8, 4) is 0 Å². The molecule has 0 unspecified atom stereocenters. The van der Waals surface area contributed by atoms with E-state index in [-0.39, 0.29) is 12.1 Å². The van der Waals surface area contributed by atoms with Crippen molar-refractivity contribution in [1.29, 1.82) is 0 Å². The summed E-state index contributed by atoms with van der Waals surface area (Å²) in [5, 5.41) is 2.60. The maximum atomic E-state index is 12.3. The second-order valence-corrected chi connectivity index (χ2v) is 7.64. The number of sulfonamides is 1. The quantitative estimate of drug-likeness (QED) is 0.780. The van der Waals surface area contributed by atoms with Crippen LogP contribution >= 0.6 is 0 Å². The molecule has 26 heavy (non-hydrogen) atoms. The van der Waals surface area contributed by atoms with E-state index in [0.29, 0.717) is 11.4 Å². The SMILES string of the molecule is COC(=O)c1cccc(NC(=O)CN(c2cccc(C)c2)S(C)(=O)=O)c1. The molecule has 2 aromatic carbocycles. The van der Waals surface area contributed by atoms with Crippen molar-refractivity contribution in [2.75, 3.05) is 29.5 Å². The molecule has 2 aromatic rings. The summed E-state index contributed by atoms with van der Waals surface area (Å²) in [6.45, 7) is 1.45. The van der Waals surface area contributed by atoms with E-state index in [0.717, 1.165) is 16.1 Å². The van der Waals surface area contributed by atoms with Crippen LogP contribution in [0.1, 0.15) is 15.9 Å². The van der Waals surface area contributed by atoms with Crippen LogP contribution in [-0.2, 0) is 19.6 Å². The van der Waals surface area contributed by atoms with Crippen LogP contribution in [0.2, 0.25) is 0 Å². The van der Waals surface area contributed by atoms with Crippen LogP contribution in [0.25, 0.3) is 0 Å². The van der Waals surface area contributed by atoms with Crippen molar-refractivity contribution < 1.29 is 22.7 Å². The van der Waals surface area contributed by atoms with Gasteiger partial charge in [0, 0.05) is 5.69 Å². The molecule has 2 rings (SSSR count). The number of aryl methyl sites for hydroxylation is 1. The average Bonchev–Trinajstić information content (AvgIpc) is 2.58. The van der Waals surface area contributed by atoms with Crippen LogP contribution < -0.4 is 9.62 Å². The molecule has 0 fully saturated rings. The standard InChI is InChI=1S/C18H20N2O5S/c1-13-6-4-9-16(10-13)20(26(3,23)24)12-17(21)19-15-8-5-7-14(11-15)18(22)25-2/h4-11H,12H2,1-3H3,(H,19,21). The number of benzene rings is 2. The molecule has 138 valence electrons. The van der Waals surface area contributed by atoms with Crippen molar-refractivity contribution in [3.63, 3.8) is 0 Å². The molecular formula is C18H20N2O5S. The molecule has 0 saturated carbocycles. The highest BCUT2D eigenvalue weighted by molar-refractivity contribution is 7.92. The number of carbonyl (C=O) groups excluding carboxylic acids is 2. The van der Waals surface area contributed by atoms with Crippen molar-refractivity contribution in [1.82, 2.24) is 0 Å². The van der Waals surface area contributed by atoms with Crippen molar-refractivity contribution in [3.05, 3.63) is 59.7 Å². The first-order valence-electron chi connectivity index (χ1n) is 7.73. The van der Waals surface area contributed by atoms with Gasteiger partial charge in [-0.15, -0.1) is 0 Å². The lowest BCUT2D eigenvalue weighted by Gasteiger charge is -2.22. The fraction of sp³-hybridized carbons (Fsp3) is 0.222. The van der Waals surface area contributed by atoms with Gasteiger partial charge in [-0.1, -0.05) is 18.2 Å². The van der Waals surface area contributed by atoms with Gasteiger partial charge in [-0.05, 0) is 42.8 Å². The molecule has 0 aliphatic rings. The number of ether oxygens (including phenoxy) is 1. The maximum absolute atomic E-state index is 12.3. The van der Waals surface area contributed by atoms with Gasteiger partial charge in [0.25, 0.3) is 0 Å². The van der Waals surface area contributed by atoms with Gasteiger partial charge in [0.15, 0.2) is 0 Å². The summed E-state index contributed by atoms with van der Waals surface area (Å²) in [7, 11) is -2.39. The molecule has 1 amide bonds. The van der Waals surface area contributed by atoms with E-state index < -0.39 is 21.9 Å². The largest absolute Gasteiger partial charge is 0.465 e. The number of nitrogens with one attached hydrogen (secondary N) is 1. The van der Waals surface area contributed by atoms with Crippen LogP contribution in [0.4, 0.5) is 11.4 Å². The van der Waals surface area contributed by atoms with E-state index in [9.17, 15) is 18.0 Å². The lowest BCUT2D eigenvalue weighted by Crippen LogP contribution is -2.37. The Hall–Kier alpha value is -2.87. The monoisotopic (exact) mass is 376 g/mol. The molecule has 0 heterocycles. The zero-order valence-corrected chi connectivity index (χ0v) is 15.5. The number of methoxy groups -OCH3 is 1. The molecule has 0 aliphatic heterocycles. The smallest absolute Gasteiger partial charge is 0.337 e. The molecule has 0 aromatic heterocycles. The lowest BCUT2D eigenvalue weighted by molar-refractivity contribution is -0.114. The Morgan fingerprint density at radius 3 is 2.42 bits per heavy atom. The van der Waals surface area contributed by atoms with E-state index in [1.54, 1.807) is 36.4 Å². The van der Waals surface area contributed by atoms with Crippen LogP contribution in [0.5, 0.6) is 0 Å². The molecule has 8 heteroatoms. The minimum atomic E-state index is -3.65. The van der Waals surface area contributed by atoms with E-state index in [1.165, 1.54) is 13.2 Å². The minimum absolute atomic E-state index is 0.281. The highest BCUT2D eigenvalue weighted by atomic mass is 32.2. The Kier molecular flexibility index (Phi) is 5.99. The number of rotatable bonds is 6.